The van der Waals surface area contributed by atoms with E-state index in [0.717, 1.165) is 5.56 Å². The van der Waals surface area contributed by atoms with Crippen LogP contribution in [-0.2, 0) is 16.6 Å². The molecule has 0 saturated carbocycles. The topological polar surface area (TPSA) is 110 Å². The molecule has 156 valence electrons. The number of amides is 1. The highest BCUT2D eigenvalue weighted by Gasteiger charge is 2.30. The van der Waals surface area contributed by atoms with Gasteiger partial charge in [-0.15, -0.1) is 10.2 Å². The molecule has 3 aromatic rings. The summed E-state index contributed by atoms with van der Waals surface area (Å²) >= 11 is 0. The summed E-state index contributed by atoms with van der Waals surface area (Å²) in [5.74, 6) is 0.870. The van der Waals surface area contributed by atoms with Crippen LogP contribution in [-0.4, -0.2) is 39.8 Å². The highest BCUT2D eigenvalue weighted by atomic mass is 32.2. The minimum atomic E-state index is -3.42. The van der Waals surface area contributed by atoms with Gasteiger partial charge in [0.1, 0.15) is 17.8 Å². The number of fused-ring (bicyclic) bond motifs is 1. The van der Waals surface area contributed by atoms with Crippen molar-refractivity contribution in [2.24, 2.45) is 0 Å². The monoisotopic (exact) mass is 426 g/mol. The Kier molecular flexibility index (Phi) is 5.02. The van der Waals surface area contributed by atoms with E-state index in [1.807, 2.05) is 30.5 Å². The molecule has 10 heteroatoms. The van der Waals surface area contributed by atoms with E-state index in [1.54, 1.807) is 42.4 Å². The second-order valence-electron chi connectivity index (χ2n) is 7.31. The fourth-order valence-electron chi connectivity index (χ4n) is 3.30. The number of hydrogen-bond acceptors (Lipinski definition) is 6. The van der Waals surface area contributed by atoms with E-state index >= 15 is 0 Å². The van der Waals surface area contributed by atoms with Crippen LogP contribution in [0.3, 0.4) is 0 Å². The number of rotatable bonds is 6. The Morgan fingerprint density at radius 1 is 1.20 bits per heavy atom. The Labute approximate surface area is 174 Å². The summed E-state index contributed by atoms with van der Waals surface area (Å²) in [6, 6.07) is 10.6. The number of hydrogen-bond donors (Lipinski definition) is 1. The molecule has 1 aliphatic rings. The van der Waals surface area contributed by atoms with Gasteiger partial charge in [-0.05, 0) is 50.6 Å². The molecule has 0 spiro atoms. The van der Waals surface area contributed by atoms with E-state index in [-0.39, 0.29) is 17.7 Å². The number of carbonyl (C=O) groups is 1. The normalized spacial score (nSPS) is 13.7. The SMILES string of the molecule is CCS(=O)(=O)Nc1ccc2c(c1)C(=O)N(c1cccc(-c3nncn3C(C)C)n1)C2. The largest absolute Gasteiger partial charge is 0.310 e. The fraction of sp³-hybridized carbons (Fsp3) is 0.300. The molecule has 0 fully saturated rings. The van der Waals surface area contributed by atoms with Gasteiger partial charge in [0.05, 0.1) is 12.3 Å². The van der Waals surface area contributed by atoms with Crippen LogP contribution in [0.25, 0.3) is 11.5 Å². The fourth-order valence-corrected chi connectivity index (χ4v) is 3.93. The molecular weight excluding hydrogens is 404 g/mol. The second kappa shape index (κ2) is 7.52. The lowest BCUT2D eigenvalue weighted by atomic mass is 10.1. The van der Waals surface area contributed by atoms with Crippen LogP contribution in [0.15, 0.2) is 42.7 Å². The zero-order valence-electron chi connectivity index (χ0n) is 16.9. The summed E-state index contributed by atoms with van der Waals surface area (Å²) in [4.78, 5) is 19.2. The van der Waals surface area contributed by atoms with Crippen LogP contribution in [0.5, 0.6) is 0 Å². The zero-order valence-corrected chi connectivity index (χ0v) is 17.7. The van der Waals surface area contributed by atoms with Gasteiger partial charge in [0.15, 0.2) is 5.82 Å². The minimum absolute atomic E-state index is 0.0398. The summed E-state index contributed by atoms with van der Waals surface area (Å²) < 4.78 is 28.1. The number of aromatic nitrogens is 4. The van der Waals surface area contributed by atoms with Crippen molar-refractivity contribution in [1.82, 2.24) is 19.7 Å². The summed E-state index contributed by atoms with van der Waals surface area (Å²) in [6.07, 6.45) is 1.66. The van der Waals surface area contributed by atoms with Crippen molar-refractivity contribution in [3.05, 3.63) is 53.9 Å². The lowest BCUT2D eigenvalue weighted by molar-refractivity contribution is 0.0996. The summed E-state index contributed by atoms with van der Waals surface area (Å²) in [6.45, 7) is 5.98. The molecule has 2 aromatic heterocycles. The Bertz CT molecular complexity index is 1220. The van der Waals surface area contributed by atoms with E-state index in [4.69, 9.17) is 0 Å². The van der Waals surface area contributed by atoms with E-state index < -0.39 is 10.0 Å². The molecule has 3 heterocycles. The molecule has 0 saturated heterocycles. The van der Waals surface area contributed by atoms with Gasteiger partial charge >= 0.3 is 0 Å². The second-order valence-corrected chi connectivity index (χ2v) is 9.32. The first kappa shape index (κ1) is 20.0. The molecule has 9 nitrogen and oxygen atoms in total. The molecule has 0 bridgehead atoms. The maximum atomic E-state index is 13.0. The van der Waals surface area contributed by atoms with Crippen LogP contribution in [0.4, 0.5) is 11.5 Å². The number of pyridine rings is 1. The summed E-state index contributed by atoms with van der Waals surface area (Å²) in [5, 5.41) is 8.15. The van der Waals surface area contributed by atoms with Gasteiger partial charge in [-0.2, -0.15) is 0 Å². The van der Waals surface area contributed by atoms with Crippen LogP contribution in [0.2, 0.25) is 0 Å². The van der Waals surface area contributed by atoms with Crippen LogP contribution in [0.1, 0.15) is 42.7 Å². The highest BCUT2D eigenvalue weighted by molar-refractivity contribution is 7.92. The molecule has 1 aromatic carbocycles. The van der Waals surface area contributed by atoms with Gasteiger partial charge in [0.2, 0.25) is 10.0 Å². The smallest absolute Gasteiger partial charge is 0.260 e. The predicted octanol–water partition coefficient (Wildman–Crippen LogP) is 2.84. The van der Waals surface area contributed by atoms with Crippen LogP contribution >= 0.6 is 0 Å². The van der Waals surface area contributed by atoms with Crippen molar-refractivity contribution in [2.45, 2.75) is 33.4 Å². The molecule has 4 rings (SSSR count). The van der Waals surface area contributed by atoms with Crippen molar-refractivity contribution >= 4 is 27.4 Å². The van der Waals surface area contributed by atoms with Gasteiger partial charge in [0.25, 0.3) is 5.91 Å². The number of nitrogens with zero attached hydrogens (tertiary/aromatic N) is 5. The van der Waals surface area contributed by atoms with Crippen LogP contribution < -0.4 is 9.62 Å². The van der Waals surface area contributed by atoms with Crippen molar-refractivity contribution in [1.29, 1.82) is 0 Å². The Hall–Kier alpha value is -3.27. The molecular formula is C20H22N6O3S. The first-order valence-corrected chi connectivity index (χ1v) is 11.3. The maximum absolute atomic E-state index is 13.0. The van der Waals surface area contributed by atoms with Crippen molar-refractivity contribution in [2.75, 3.05) is 15.4 Å². The Morgan fingerprint density at radius 2 is 2.00 bits per heavy atom. The van der Waals surface area contributed by atoms with E-state index in [2.05, 4.69) is 19.9 Å². The average Bonchev–Trinajstić information content (AvgIpc) is 3.33. The quantitative estimate of drug-likeness (QED) is 0.649. The van der Waals surface area contributed by atoms with Gasteiger partial charge in [-0.1, -0.05) is 12.1 Å². The van der Waals surface area contributed by atoms with Crippen molar-refractivity contribution < 1.29 is 13.2 Å². The Morgan fingerprint density at radius 3 is 2.73 bits per heavy atom. The van der Waals surface area contributed by atoms with Gasteiger partial charge in [0, 0.05) is 17.3 Å². The van der Waals surface area contributed by atoms with E-state index in [1.165, 1.54) is 0 Å². The third kappa shape index (κ3) is 3.65. The van der Waals surface area contributed by atoms with Crippen LogP contribution in [0, 0.1) is 0 Å². The molecule has 0 aliphatic carbocycles. The number of sulfonamides is 1. The first-order chi connectivity index (χ1) is 14.3. The van der Waals surface area contributed by atoms with E-state index in [0.29, 0.717) is 35.1 Å². The van der Waals surface area contributed by atoms with Crippen molar-refractivity contribution in [3.63, 3.8) is 0 Å². The maximum Gasteiger partial charge on any atom is 0.260 e. The third-order valence-electron chi connectivity index (χ3n) is 4.94. The zero-order chi connectivity index (χ0) is 21.5. The molecule has 30 heavy (non-hydrogen) atoms. The third-order valence-corrected chi connectivity index (χ3v) is 6.24. The van der Waals surface area contributed by atoms with Crippen molar-refractivity contribution in [3.8, 4) is 11.5 Å². The predicted molar refractivity (Wildman–Crippen MR) is 114 cm³/mol. The number of benzene rings is 1. The number of nitrogens with one attached hydrogen (secondary N) is 1. The summed E-state index contributed by atoms with van der Waals surface area (Å²) in [5.41, 5.74) is 2.28. The van der Waals surface area contributed by atoms with E-state index in [9.17, 15) is 13.2 Å². The Balaban J connectivity index is 1.64. The molecule has 1 aliphatic heterocycles. The first-order valence-electron chi connectivity index (χ1n) is 9.61. The highest BCUT2D eigenvalue weighted by Crippen LogP contribution is 2.30. The molecule has 0 atom stereocenters. The van der Waals surface area contributed by atoms with Gasteiger partial charge in [-0.25, -0.2) is 13.4 Å². The lowest BCUT2D eigenvalue weighted by Gasteiger charge is -2.16. The number of carbonyl (C=O) groups excluding carboxylic acids is 1. The minimum Gasteiger partial charge on any atom is -0.310 e. The lowest BCUT2D eigenvalue weighted by Crippen LogP contribution is -2.24. The average molecular weight is 427 g/mol. The standard InChI is InChI=1S/C20H22N6O3S/c1-4-30(28,29)24-15-9-8-14-11-25(20(27)16(14)10-15)18-7-5-6-17(22-18)19-23-21-12-26(19)13(2)3/h5-10,12-13,24H,4,11H2,1-3H3. The molecule has 0 unspecified atom stereocenters. The molecule has 1 amide bonds. The molecule has 0 radical (unpaired) electrons. The van der Waals surface area contributed by atoms with Gasteiger partial charge in [-0.3, -0.25) is 14.4 Å². The summed E-state index contributed by atoms with van der Waals surface area (Å²) in [7, 11) is -3.42. The number of anilines is 2. The molecule has 1 N–H and O–H groups in total. The van der Waals surface area contributed by atoms with Gasteiger partial charge < -0.3 is 4.57 Å².